The summed E-state index contributed by atoms with van der Waals surface area (Å²) < 4.78 is 1.52. The molecule has 1 N–H and O–H groups in total. The second-order valence-corrected chi connectivity index (χ2v) is 5.81. The number of carbonyl (C=O) groups is 2. The molecular weight excluding hydrogens is 314 g/mol. The Morgan fingerprint density at radius 2 is 1.83 bits per heavy atom. The number of aliphatic carboxylic acids is 1. The fourth-order valence-electron chi connectivity index (χ4n) is 2.72. The molecule has 0 saturated carbocycles. The van der Waals surface area contributed by atoms with Gasteiger partial charge in [0.1, 0.15) is 0 Å². The first-order chi connectivity index (χ1) is 11.0. The van der Waals surface area contributed by atoms with Crippen molar-refractivity contribution in [2.75, 3.05) is 0 Å². The van der Waals surface area contributed by atoms with Crippen LogP contribution in [0.25, 0.3) is 10.9 Å². The number of hydrogen-bond donors (Lipinski definition) is 1. The average molecular weight is 328 g/mol. The van der Waals surface area contributed by atoms with Gasteiger partial charge in [-0.1, -0.05) is 29.8 Å². The zero-order valence-corrected chi connectivity index (χ0v) is 13.2. The maximum Gasteiger partial charge on any atom is 0.307 e. The van der Waals surface area contributed by atoms with Crippen LogP contribution in [0.2, 0.25) is 5.02 Å². The lowest BCUT2D eigenvalue weighted by Gasteiger charge is -2.06. The van der Waals surface area contributed by atoms with Gasteiger partial charge in [-0.05, 0) is 42.3 Å². The molecule has 0 aliphatic rings. The number of carboxylic acids is 1. The number of aromatic nitrogens is 1. The van der Waals surface area contributed by atoms with Gasteiger partial charge in [-0.25, -0.2) is 0 Å². The number of nitrogens with zero attached hydrogens (tertiary/aromatic N) is 1. The molecule has 0 amide bonds. The van der Waals surface area contributed by atoms with E-state index >= 15 is 0 Å². The number of hydrogen-bond acceptors (Lipinski definition) is 2. The second kappa shape index (κ2) is 5.89. The molecule has 3 aromatic rings. The van der Waals surface area contributed by atoms with Crippen molar-refractivity contribution in [3.05, 3.63) is 70.4 Å². The number of benzene rings is 2. The highest BCUT2D eigenvalue weighted by molar-refractivity contribution is 6.30. The Bertz CT molecular complexity index is 910. The lowest BCUT2D eigenvalue weighted by atomic mass is 10.1. The first-order valence-corrected chi connectivity index (χ1v) is 7.47. The van der Waals surface area contributed by atoms with Gasteiger partial charge >= 0.3 is 5.97 Å². The number of aryl methyl sites for hydroxylation is 1. The Morgan fingerprint density at radius 3 is 2.48 bits per heavy atom. The van der Waals surface area contributed by atoms with Gasteiger partial charge in [0.25, 0.3) is 5.91 Å². The van der Waals surface area contributed by atoms with Gasteiger partial charge in [0, 0.05) is 22.2 Å². The quantitative estimate of drug-likeness (QED) is 0.793. The first kappa shape index (κ1) is 15.3. The van der Waals surface area contributed by atoms with Crippen LogP contribution in [0.15, 0.2) is 48.7 Å². The molecule has 3 rings (SSSR count). The molecule has 1 aromatic heterocycles. The third-order valence-electron chi connectivity index (χ3n) is 3.76. The minimum absolute atomic E-state index is 0.124. The van der Waals surface area contributed by atoms with Crippen molar-refractivity contribution in [3.63, 3.8) is 0 Å². The Kier molecular flexibility index (Phi) is 3.92. The van der Waals surface area contributed by atoms with Gasteiger partial charge in [0.05, 0.1) is 11.9 Å². The van der Waals surface area contributed by atoms with E-state index in [4.69, 9.17) is 16.7 Å². The highest BCUT2D eigenvalue weighted by Crippen LogP contribution is 2.26. The van der Waals surface area contributed by atoms with E-state index in [9.17, 15) is 9.59 Å². The topological polar surface area (TPSA) is 59.3 Å². The van der Waals surface area contributed by atoms with E-state index in [-0.39, 0.29) is 12.3 Å². The molecule has 0 saturated heterocycles. The lowest BCUT2D eigenvalue weighted by Crippen LogP contribution is -2.11. The third kappa shape index (κ3) is 2.85. The molecule has 0 unspecified atom stereocenters. The molecule has 0 spiro atoms. The zero-order valence-electron chi connectivity index (χ0n) is 12.4. The van der Waals surface area contributed by atoms with E-state index in [2.05, 4.69) is 0 Å². The molecule has 116 valence electrons. The molecule has 0 aliphatic carbocycles. The average Bonchev–Trinajstić information content (AvgIpc) is 2.87. The summed E-state index contributed by atoms with van der Waals surface area (Å²) in [6.07, 6.45) is 1.49. The van der Waals surface area contributed by atoms with Crippen LogP contribution in [0.5, 0.6) is 0 Å². The van der Waals surface area contributed by atoms with Gasteiger partial charge in [0.15, 0.2) is 0 Å². The summed E-state index contributed by atoms with van der Waals surface area (Å²) >= 11 is 5.86. The Labute approximate surface area is 137 Å². The Hall–Kier alpha value is -2.59. The number of carboxylic acid groups (broad SMARTS) is 1. The van der Waals surface area contributed by atoms with Crippen LogP contribution in [-0.2, 0) is 11.2 Å². The van der Waals surface area contributed by atoms with Crippen molar-refractivity contribution in [2.24, 2.45) is 0 Å². The van der Waals surface area contributed by atoms with Crippen molar-refractivity contribution in [1.82, 2.24) is 4.57 Å². The summed E-state index contributed by atoms with van der Waals surface area (Å²) in [7, 11) is 0. The van der Waals surface area contributed by atoms with Crippen LogP contribution >= 0.6 is 11.6 Å². The normalized spacial score (nSPS) is 10.9. The summed E-state index contributed by atoms with van der Waals surface area (Å²) in [5, 5.41) is 10.4. The van der Waals surface area contributed by atoms with Crippen molar-refractivity contribution >= 4 is 34.4 Å². The van der Waals surface area contributed by atoms with Gasteiger partial charge in [-0.15, -0.1) is 0 Å². The summed E-state index contributed by atoms with van der Waals surface area (Å²) in [6, 6.07) is 12.2. The fourth-order valence-corrected chi connectivity index (χ4v) is 2.85. The molecule has 2 aromatic carbocycles. The van der Waals surface area contributed by atoms with Crippen LogP contribution in [0, 0.1) is 6.92 Å². The predicted octanol–water partition coefficient (Wildman–Crippen LogP) is 3.92. The first-order valence-electron chi connectivity index (χ1n) is 7.09. The third-order valence-corrected chi connectivity index (χ3v) is 4.01. The maximum atomic E-state index is 12.8. The van der Waals surface area contributed by atoms with E-state index in [0.29, 0.717) is 16.1 Å². The van der Waals surface area contributed by atoms with Crippen LogP contribution < -0.4 is 0 Å². The lowest BCUT2D eigenvalue weighted by molar-refractivity contribution is -0.136. The predicted molar refractivity (Wildman–Crippen MR) is 89.2 cm³/mol. The van der Waals surface area contributed by atoms with Gasteiger partial charge in [-0.3, -0.25) is 14.2 Å². The molecule has 5 heteroatoms. The summed E-state index contributed by atoms with van der Waals surface area (Å²) in [4.78, 5) is 23.9. The summed E-state index contributed by atoms with van der Waals surface area (Å²) in [5.41, 5.74) is 2.78. The van der Waals surface area contributed by atoms with Gasteiger partial charge in [0.2, 0.25) is 0 Å². The zero-order chi connectivity index (χ0) is 16.6. The van der Waals surface area contributed by atoms with Crippen molar-refractivity contribution in [2.45, 2.75) is 13.3 Å². The second-order valence-electron chi connectivity index (χ2n) is 5.38. The van der Waals surface area contributed by atoms with Crippen molar-refractivity contribution in [1.29, 1.82) is 0 Å². The van der Waals surface area contributed by atoms with E-state index in [1.807, 2.05) is 25.1 Å². The van der Waals surface area contributed by atoms with E-state index < -0.39 is 5.97 Å². The molecule has 0 fully saturated rings. The van der Waals surface area contributed by atoms with E-state index in [0.717, 1.165) is 16.5 Å². The van der Waals surface area contributed by atoms with Crippen LogP contribution in [0.4, 0.5) is 0 Å². The molecule has 0 aliphatic heterocycles. The Morgan fingerprint density at radius 1 is 1.13 bits per heavy atom. The monoisotopic (exact) mass is 327 g/mol. The van der Waals surface area contributed by atoms with Crippen molar-refractivity contribution < 1.29 is 14.7 Å². The molecule has 0 bridgehead atoms. The molecule has 23 heavy (non-hydrogen) atoms. The highest BCUT2D eigenvalue weighted by atomic mass is 35.5. The molecule has 0 atom stereocenters. The van der Waals surface area contributed by atoms with E-state index in [1.165, 1.54) is 4.57 Å². The molecule has 4 nitrogen and oxygen atoms in total. The molecule has 0 radical (unpaired) electrons. The summed E-state index contributed by atoms with van der Waals surface area (Å²) in [5.74, 6) is -1.14. The van der Waals surface area contributed by atoms with Crippen LogP contribution in [0.3, 0.4) is 0 Å². The largest absolute Gasteiger partial charge is 0.481 e. The maximum absolute atomic E-state index is 12.8. The van der Waals surface area contributed by atoms with Crippen LogP contribution in [0.1, 0.15) is 21.5 Å². The highest BCUT2D eigenvalue weighted by Gasteiger charge is 2.18. The standard InChI is InChI=1S/C18H14ClNO3/c1-11-3-2-4-15-13(9-16(21)22)10-20(17(11)15)18(23)12-5-7-14(19)8-6-12/h2-8,10H,9H2,1H3,(H,21,22). The fraction of sp³-hybridized carbons (Fsp3) is 0.111. The number of fused-ring (bicyclic) bond motifs is 1. The number of halogens is 1. The minimum Gasteiger partial charge on any atom is -0.481 e. The van der Waals surface area contributed by atoms with E-state index in [1.54, 1.807) is 30.5 Å². The summed E-state index contributed by atoms with van der Waals surface area (Å²) in [6.45, 7) is 1.90. The smallest absolute Gasteiger partial charge is 0.307 e. The van der Waals surface area contributed by atoms with Gasteiger partial charge < -0.3 is 5.11 Å². The SMILES string of the molecule is Cc1cccc2c(CC(=O)O)cn(C(=O)c3ccc(Cl)cc3)c12. The minimum atomic E-state index is -0.926. The van der Waals surface area contributed by atoms with Gasteiger partial charge in [-0.2, -0.15) is 0 Å². The molecule has 1 heterocycles. The number of para-hydroxylation sites is 1. The van der Waals surface area contributed by atoms with Crippen LogP contribution in [-0.4, -0.2) is 21.6 Å². The Balaban J connectivity index is 2.18. The van der Waals surface area contributed by atoms with Crippen molar-refractivity contribution in [3.8, 4) is 0 Å². The number of carbonyl (C=O) groups excluding carboxylic acids is 1. The molecular formula is C18H14ClNO3. The number of rotatable bonds is 3.